The van der Waals surface area contributed by atoms with Crippen molar-refractivity contribution < 1.29 is 4.39 Å². The van der Waals surface area contributed by atoms with Crippen LogP contribution in [0.5, 0.6) is 0 Å². The quantitative estimate of drug-likeness (QED) is 0.834. The Hall–Kier alpha value is -1.61. The smallest absolute Gasteiger partial charge is 0.132 e. The second-order valence-electron chi connectivity index (χ2n) is 4.25. The number of benzene rings is 1. The van der Waals surface area contributed by atoms with Crippen LogP contribution in [0, 0.1) is 12.7 Å². The molecule has 1 N–H and O–H groups in total. The maximum atomic E-state index is 12.8. The summed E-state index contributed by atoms with van der Waals surface area (Å²) in [6.07, 6.45) is 1.69. The standard InChI is InChI=1S/C14H14ClFN2/c1-9-7-13(8-17-14(9)15)18-10(2)11-3-5-12(16)6-4-11/h3-8,10,18H,1-2H3. The first-order chi connectivity index (χ1) is 8.56. The Balaban J connectivity index is 2.13. The Kier molecular flexibility index (Phi) is 3.82. The van der Waals surface area contributed by atoms with Crippen molar-refractivity contribution in [1.29, 1.82) is 0 Å². The third kappa shape index (κ3) is 2.99. The summed E-state index contributed by atoms with van der Waals surface area (Å²) in [4.78, 5) is 4.08. The lowest BCUT2D eigenvalue weighted by Crippen LogP contribution is -2.07. The molecule has 2 aromatic rings. The normalized spacial score (nSPS) is 12.2. The van der Waals surface area contributed by atoms with Crippen molar-refractivity contribution in [2.45, 2.75) is 19.9 Å². The van der Waals surface area contributed by atoms with Crippen molar-refractivity contribution in [1.82, 2.24) is 4.98 Å². The summed E-state index contributed by atoms with van der Waals surface area (Å²) in [6.45, 7) is 3.92. The predicted molar refractivity (Wildman–Crippen MR) is 72.4 cm³/mol. The third-order valence-electron chi connectivity index (χ3n) is 2.77. The number of aromatic nitrogens is 1. The van der Waals surface area contributed by atoms with E-state index >= 15 is 0 Å². The van der Waals surface area contributed by atoms with Gasteiger partial charge in [-0.2, -0.15) is 0 Å². The highest BCUT2D eigenvalue weighted by atomic mass is 35.5. The number of aryl methyl sites for hydroxylation is 1. The highest BCUT2D eigenvalue weighted by molar-refractivity contribution is 6.30. The van der Waals surface area contributed by atoms with Crippen molar-refractivity contribution in [3.63, 3.8) is 0 Å². The van der Waals surface area contributed by atoms with Crippen LogP contribution in [-0.4, -0.2) is 4.98 Å². The van der Waals surface area contributed by atoms with E-state index in [4.69, 9.17) is 11.6 Å². The topological polar surface area (TPSA) is 24.9 Å². The second-order valence-corrected chi connectivity index (χ2v) is 4.61. The summed E-state index contributed by atoms with van der Waals surface area (Å²) in [5.74, 6) is -0.227. The lowest BCUT2D eigenvalue weighted by Gasteiger charge is -2.16. The molecule has 1 heterocycles. The van der Waals surface area contributed by atoms with Gasteiger partial charge in [-0.05, 0) is 43.2 Å². The molecule has 0 saturated carbocycles. The predicted octanol–water partition coefficient (Wildman–Crippen LogP) is 4.36. The van der Waals surface area contributed by atoms with E-state index in [-0.39, 0.29) is 11.9 Å². The first-order valence-corrected chi connectivity index (χ1v) is 6.08. The van der Waals surface area contributed by atoms with Gasteiger partial charge in [0.05, 0.1) is 11.9 Å². The number of nitrogens with one attached hydrogen (secondary N) is 1. The molecule has 1 aromatic carbocycles. The molecular weight excluding hydrogens is 251 g/mol. The molecule has 1 unspecified atom stereocenters. The number of anilines is 1. The zero-order chi connectivity index (χ0) is 13.1. The molecule has 1 aromatic heterocycles. The molecule has 0 saturated heterocycles. The molecule has 0 fully saturated rings. The molecule has 2 rings (SSSR count). The van der Waals surface area contributed by atoms with Crippen LogP contribution in [-0.2, 0) is 0 Å². The van der Waals surface area contributed by atoms with E-state index in [9.17, 15) is 4.39 Å². The number of hydrogen-bond acceptors (Lipinski definition) is 2. The van der Waals surface area contributed by atoms with Gasteiger partial charge in [-0.15, -0.1) is 0 Å². The summed E-state index contributed by atoms with van der Waals surface area (Å²) >= 11 is 5.87. The fourth-order valence-electron chi connectivity index (χ4n) is 1.72. The lowest BCUT2D eigenvalue weighted by atomic mass is 10.1. The molecule has 0 amide bonds. The number of nitrogens with zero attached hydrogens (tertiary/aromatic N) is 1. The number of pyridine rings is 1. The van der Waals surface area contributed by atoms with E-state index < -0.39 is 0 Å². The van der Waals surface area contributed by atoms with Crippen molar-refractivity contribution in [3.8, 4) is 0 Å². The molecule has 0 aliphatic carbocycles. The van der Waals surface area contributed by atoms with Crippen LogP contribution < -0.4 is 5.32 Å². The van der Waals surface area contributed by atoms with Gasteiger partial charge >= 0.3 is 0 Å². The molecule has 0 bridgehead atoms. The van der Waals surface area contributed by atoms with E-state index in [0.717, 1.165) is 16.8 Å². The highest BCUT2D eigenvalue weighted by Gasteiger charge is 2.06. The Morgan fingerprint density at radius 3 is 2.56 bits per heavy atom. The summed E-state index contributed by atoms with van der Waals surface area (Å²) in [5.41, 5.74) is 2.84. The second kappa shape index (κ2) is 5.36. The van der Waals surface area contributed by atoms with Gasteiger partial charge in [-0.3, -0.25) is 0 Å². The minimum atomic E-state index is -0.227. The fraction of sp³-hybridized carbons (Fsp3) is 0.214. The van der Waals surface area contributed by atoms with Crippen molar-refractivity contribution in [2.75, 3.05) is 5.32 Å². The summed E-state index contributed by atoms with van der Waals surface area (Å²) in [6, 6.07) is 8.47. The molecule has 2 nitrogen and oxygen atoms in total. The zero-order valence-electron chi connectivity index (χ0n) is 10.2. The van der Waals surface area contributed by atoms with Crippen LogP contribution in [0.15, 0.2) is 36.5 Å². The molecule has 18 heavy (non-hydrogen) atoms. The summed E-state index contributed by atoms with van der Waals surface area (Å²) < 4.78 is 12.8. The maximum absolute atomic E-state index is 12.8. The molecule has 0 radical (unpaired) electrons. The first kappa shape index (κ1) is 12.8. The Bertz CT molecular complexity index is 540. The SMILES string of the molecule is Cc1cc(NC(C)c2ccc(F)cc2)cnc1Cl. The van der Waals surface area contributed by atoms with Gasteiger partial charge in [0, 0.05) is 6.04 Å². The Labute approximate surface area is 111 Å². The molecule has 0 spiro atoms. The monoisotopic (exact) mass is 264 g/mol. The fourth-order valence-corrected chi connectivity index (χ4v) is 1.83. The van der Waals surface area contributed by atoms with E-state index in [2.05, 4.69) is 10.3 Å². The van der Waals surface area contributed by atoms with Crippen LogP contribution in [0.1, 0.15) is 24.1 Å². The van der Waals surface area contributed by atoms with Gasteiger partial charge in [-0.1, -0.05) is 23.7 Å². The van der Waals surface area contributed by atoms with Crippen LogP contribution in [0.25, 0.3) is 0 Å². The van der Waals surface area contributed by atoms with Gasteiger partial charge in [0.25, 0.3) is 0 Å². The van der Waals surface area contributed by atoms with Gasteiger partial charge in [0.15, 0.2) is 0 Å². The zero-order valence-corrected chi connectivity index (χ0v) is 11.0. The van der Waals surface area contributed by atoms with E-state index in [0.29, 0.717) is 5.15 Å². The van der Waals surface area contributed by atoms with Crippen LogP contribution >= 0.6 is 11.6 Å². The van der Waals surface area contributed by atoms with E-state index in [1.165, 1.54) is 12.1 Å². The molecule has 0 aliphatic heterocycles. The van der Waals surface area contributed by atoms with Crippen LogP contribution in [0.3, 0.4) is 0 Å². The lowest BCUT2D eigenvalue weighted by molar-refractivity contribution is 0.626. The largest absolute Gasteiger partial charge is 0.377 e. The van der Waals surface area contributed by atoms with Crippen molar-refractivity contribution >= 4 is 17.3 Å². The maximum Gasteiger partial charge on any atom is 0.132 e. The average molecular weight is 265 g/mol. The van der Waals surface area contributed by atoms with Crippen molar-refractivity contribution in [3.05, 3.63) is 58.6 Å². The van der Waals surface area contributed by atoms with Crippen LogP contribution in [0.4, 0.5) is 10.1 Å². The van der Waals surface area contributed by atoms with Crippen LogP contribution in [0.2, 0.25) is 5.15 Å². The molecule has 0 aliphatic rings. The molecule has 94 valence electrons. The van der Waals surface area contributed by atoms with E-state index in [1.807, 2.05) is 19.9 Å². The molecule has 1 atom stereocenters. The van der Waals surface area contributed by atoms with Gasteiger partial charge in [0.1, 0.15) is 11.0 Å². The van der Waals surface area contributed by atoms with Gasteiger partial charge in [0.2, 0.25) is 0 Å². The first-order valence-electron chi connectivity index (χ1n) is 5.70. The number of halogens is 2. The minimum Gasteiger partial charge on any atom is -0.377 e. The Morgan fingerprint density at radius 1 is 1.28 bits per heavy atom. The molecule has 4 heteroatoms. The third-order valence-corrected chi connectivity index (χ3v) is 3.16. The minimum absolute atomic E-state index is 0.0768. The van der Waals surface area contributed by atoms with Gasteiger partial charge < -0.3 is 5.32 Å². The Morgan fingerprint density at radius 2 is 1.94 bits per heavy atom. The molecular formula is C14H14ClFN2. The number of rotatable bonds is 3. The average Bonchev–Trinajstić information content (AvgIpc) is 2.34. The van der Waals surface area contributed by atoms with Crippen molar-refractivity contribution in [2.24, 2.45) is 0 Å². The number of hydrogen-bond donors (Lipinski definition) is 1. The van der Waals surface area contributed by atoms with Gasteiger partial charge in [-0.25, -0.2) is 9.37 Å². The highest BCUT2D eigenvalue weighted by Crippen LogP contribution is 2.21. The summed E-state index contributed by atoms with van der Waals surface area (Å²) in [7, 11) is 0. The van der Waals surface area contributed by atoms with E-state index in [1.54, 1.807) is 18.3 Å². The summed E-state index contributed by atoms with van der Waals surface area (Å²) in [5, 5.41) is 3.81.